The average molecular weight is 354 g/mol. The zero-order valence-electron chi connectivity index (χ0n) is 15.3. The standard InChI is InChI=1S/C18H28F2N4O/c1-18(2,3)24-15(10-14(22-24)12-4-5-12)17(25)21-13-6-8-23(9-7-13)11-16(19)20/h10,12-13,16H,4-9,11H2,1-3H3,(H,21,25). The number of carbonyl (C=O) groups excluding carboxylic acids is 1. The van der Waals surface area contributed by atoms with Crippen molar-refractivity contribution in [2.45, 2.75) is 70.4 Å². The van der Waals surface area contributed by atoms with Gasteiger partial charge in [-0.2, -0.15) is 5.10 Å². The number of hydrogen-bond acceptors (Lipinski definition) is 3. The molecule has 1 N–H and O–H groups in total. The molecule has 3 rings (SSSR count). The van der Waals surface area contributed by atoms with Gasteiger partial charge in [-0.1, -0.05) is 0 Å². The Morgan fingerprint density at radius 3 is 2.44 bits per heavy atom. The van der Waals surface area contributed by atoms with Gasteiger partial charge < -0.3 is 5.32 Å². The van der Waals surface area contributed by atoms with Crippen molar-refractivity contribution in [1.29, 1.82) is 0 Å². The van der Waals surface area contributed by atoms with Crippen LogP contribution in [0.4, 0.5) is 8.78 Å². The van der Waals surface area contributed by atoms with E-state index in [1.54, 1.807) is 4.90 Å². The Bertz CT molecular complexity index is 611. The Morgan fingerprint density at radius 1 is 1.28 bits per heavy atom. The Labute approximate surface area is 147 Å². The molecule has 5 nitrogen and oxygen atoms in total. The average Bonchev–Trinajstić information content (AvgIpc) is 3.25. The van der Waals surface area contributed by atoms with Crippen LogP contribution in [-0.2, 0) is 5.54 Å². The minimum absolute atomic E-state index is 0.0362. The normalized spacial score (nSPS) is 20.2. The number of amides is 1. The molecule has 2 aliphatic rings. The number of halogens is 2. The maximum atomic E-state index is 12.8. The lowest BCUT2D eigenvalue weighted by molar-refractivity contribution is 0.0692. The fourth-order valence-electron chi connectivity index (χ4n) is 3.37. The van der Waals surface area contributed by atoms with Crippen LogP contribution < -0.4 is 5.32 Å². The van der Waals surface area contributed by atoms with Crippen LogP contribution in [0.15, 0.2) is 6.07 Å². The van der Waals surface area contributed by atoms with E-state index in [1.807, 2.05) is 31.5 Å². The lowest BCUT2D eigenvalue weighted by Gasteiger charge is -2.32. The highest BCUT2D eigenvalue weighted by Gasteiger charge is 2.32. The van der Waals surface area contributed by atoms with E-state index in [0.29, 0.717) is 37.5 Å². The molecular formula is C18H28F2N4O. The number of piperidine rings is 1. The third kappa shape index (κ3) is 4.57. The monoisotopic (exact) mass is 354 g/mol. The first-order chi connectivity index (χ1) is 11.7. The van der Waals surface area contributed by atoms with E-state index >= 15 is 0 Å². The van der Waals surface area contributed by atoms with Gasteiger partial charge in [0.25, 0.3) is 12.3 Å². The summed E-state index contributed by atoms with van der Waals surface area (Å²) in [5.41, 5.74) is 1.34. The smallest absolute Gasteiger partial charge is 0.269 e. The second-order valence-corrected chi connectivity index (χ2v) is 8.25. The summed E-state index contributed by atoms with van der Waals surface area (Å²) in [6.45, 7) is 7.13. The number of likely N-dealkylation sites (tertiary alicyclic amines) is 1. The van der Waals surface area contributed by atoms with Gasteiger partial charge in [-0.3, -0.25) is 14.4 Å². The molecule has 1 saturated heterocycles. The van der Waals surface area contributed by atoms with Crippen LogP contribution in [0.2, 0.25) is 0 Å². The van der Waals surface area contributed by atoms with Gasteiger partial charge in [-0.25, -0.2) is 8.78 Å². The van der Waals surface area contributed by atoms with Gasteiger partial charge in [0.2, 0.25) is 0 Å². The summed E-state index contributed by atoms with van der Waals surface area (Å²) in [5.74, 6) is 0.384. The van der Waals surface area contributed by atoms with Crippen molar-refractivity contribution < 1.29 is 13.6 Å². The lowest BCUT2D eigenvalue weighted by atomic mass is 10.0. The van der Waals surface area contributed by atoms with Crippen molar-refractivity contribution in [3.05, 3.63) is 17.5 Å². The molecule has 7 heteroatoms. The molecule has 1 aromatic rings. The zero-order valence-corrected chi connectivity index (χ0v) is 15.3. The van der Waals surface area contributed by atoms with Gasteiger partial charge in [0.1, 0.15) is 5.69 Å². The molecular weight excluding hydrogens is 326 g/mol. The van der Waals surface area contributed by atoms with E-state index in [-0.39, 0.29) is 24.0 Å². The van der Waals surface area contributed by atoms with Crippen LogP contribution >= 0.6 is 0 Å². The summed E-state index contributed by atoms with van der Waals surface area (Å²) in [5, 5.41) is 7.75. The maximum Gasteiger partial charge on any atom is 0.269 e. The van der Waals surface area contributed by atoms with Crippen molar-refractivity contribution in [1.82, 2.24) is 20.0 Å². The first kappa shape index (κ1) is 18.3. The first-order valence-corrected chi connectivity index (χ1v) is 9.16. The summed E-state index contributed by atoms with van der Waals surface area (Å²) >= 11 is 0. The van der Waals surface area contributed by atoms with Gasteiger partial charge in [0.15, 0.2) is 0 Å². The van der Waals surface area contributed by atoms with Crippen LogP contribution in [0.5, 0.6) is 0 Å². The molecule has 0 atom stereocenters. The third-order valence-electron chi connectivity index (χ3n) is 4.91. The molecule has 140 valence electrons. The summed E-state index contributed by atoms with van der Waals surface area (Å²) in [6, 6.07) is 1.96. The molecule has 1 aliphatic heterocycles. The Balaban J connectivity index is 1.64. The van der Waals surface area contributed by atoms with Crippen LogP contribution in [0.3, 0.4) is 0 Å². The molecule has 0 bridgehead atoms. The van der Waals surface area contributed by atoms with E-state index in [9.17, 15) is 13.6 Å². The number of nitrogens with zero attached hydrogens (tertiary/aromatic N) is 3. The van der Waals surface area contributed by atoms with Crippen molar-refractivity contribution in [3.63, 3.8) is 0 Å². The Kier molecular flexibility index (Phi) is 5.14. The molecule has 1 aromatic heterocycles. The van der Waals surface area contributed by atoms with Crippen molar-refractivity contribution in [2.24, 2.45) is 0 Å². The van der Waals surface area contributed by atoms with Crippen LogP contribution in [0.1, 0.15) is 68.6 Å². The van der Waals surface area contributed by atoms with Crippen LogP contribution in [0.25, 0.3) is 0 Å². The topological polar surface area (TPSA) is 50.2 Å². The number of nitrogens with one attached hydrogen (secondary N) is 1. The van der Waals surface area contributed by atoms with Gasteiger partial charge in [-0.15, -0.1) is 0 Å². The largest absolute Gasteiger partial charge is 0.348 e. The Morgan fingerprint density at radius 2 is 1.92 bits per heavy atom. The minimum Gasteiger partial charge on any atom is -0.348 e. The highest BCUT2D eigenvalue weighted by molar-refractivity contribution is 5.93. The Hall–Kier alpha value is -1.50. The van der Waals surface area contributed by atoms with Crippen LogP contribution in [-0.4, -0.2) is 52.7 Å². The molecule has 1 amide bonds. The highest BCUT2D eigenvalue weighted by atomic mass is 19.3. The van der Waals surface area contributed by atoms with E-state index in [0.717, 1.165) is 18.5 Å². The molecule has 0 radical (unpaired) electrons. The number of aromatic nitrogens is 2. The van der Waals surface area contributed by atoms with E-state index in [2.05, 4.69) is 10.4 Å². The summed E-state index contributed by atoms with van der Waals surface area (Å²) in [6.07, 6.45) is 1.40. The second-order valence-electron chi connectivity index (χ2n) is 8.25. The molecule has 0 aromatic carbocycles. The van der Waals surface area contributed by atoms with Gasteiger partial charge in [0, 0.05) is 25.0 Å². The molecule has 25 heavy (non-hydrogen) atoms. The molecule has 0 unspecified atom stereocenters. The summed E-state index contributed by atoms with van der Waals surface area (Å²) < 4.78 is 26.7. The van der Waals surface area contributed by atoms with Gasteiger partial charge in [0.05, 0.1) is 17.8 Å². The van der Waals surface area contributed by atoms with Crippen molar-refractivity contribution in [2.75, 3.05) is 19.6 Å². The maximum absolute atomic E-state index is 12.8. The molecule has 2 heterocycles. The molecule has 2 fully saturated rings. The van der Waals surface area contributed by atoms with Crippen molar-refractivity contribution in [3.8, 4) is 0 Å². The second kappa shape index (κ2) is 7.02. The molecule has 1 aliphatic carbocycles. The fraction of sp³-hybridized carbons (Fsp3) is 0.778. The molecule has 1 saturated carbocycles. The highest BCUT2D eigenvalue weighted by Crippen LogP contribution is 2.40. The van der Waals surface area contributed by atoms with Crippen LogP contribution in [0, 0.1) is 0 Å². The van der Waals surface area contributed by atoms with Gasteiger partial charge >= 0.3 is 0 Å². The number of rotatable bonds is 5. The molecule has 0 spiro atoms. The first-order valence-electron chi connectivity index (χ1n) is 9.16. The quantitative estimate of drug-likeness (QED) is 0.884. The SMILES string of the molecule is CC(C)(C)n1nc(C2CC2)cc1C(=O)NC1CCN(CC(F)F)CC1. The van der Waals surface area contributed by atoms with E-state index in [4.69, 9.17) is 0 Å². The van der Waals surface area contributed by atoms with E-state index in [1.165, 1.54) is 0 Å². The third-order valence-corrected chi connectivity index (χ3v) is 4.91. The summed E-state index contributed by atoms with van der Waals surface area (Å²) in [7, 11) is 0. The predicted octanol–water partition coefficient (Wildman–Crippen LogP) is 2.97. The number of hydrogen-bond donors (Lipinski definition) is 1. The lowest BCUT2D eigenvalue weighted by Crippen LogP contribution is -2.46. The van der Waals surface area contributed by atoms with E-state index < -0.39 is 6.43 Å². The predicted molar refractivity (Wildman–Crippen MR) is 92.1 cm³/mol. The minimum atomic E-state index is -2.30. The fourth-order valence-corrected chi connectivity index (χ4v) is 3.37. The van der Waals surface area contributed by atoms with Gasteiger partial charge in [-0.05, 0) is 52.5 Å². The zero-order chi connectivity index (χ0) is 18.2. The van der Waals surface area contributed by atoms with Crippen molar-refractivity contribution >= 4 is 5.91 Å². The summed E-state index contributed by atoms with van der Waals surface area (Å²) in [4.78, 5) is 14.6. The number of carbonyl (C=O) groups is 1. The number of alkyl halides is 2.